The Kier molecular flexibility index (Phi) is 6.57. The van der Waals surface area contributed by atoms with Crippen molar-refractivity contribution in [2.24, 2.45) is 0 Å². The summed E-state index contributed by atoms with van der Waals surface area (Å²) >= 11 is 1.60. The van der Waals surface area contributed by atoms with E-state index in [1.165, 1.54) is 0 Å². The lowest BCUT2D eigenvalue weighted by atomic mass is 10.1. The van der Waals surface area contributed by atoms with Gasteiger partial charge >= 0.3 is 0 Å². The highest BCUT2D eigenvalue weighted by atomic mass is 32.2. The fourth-order valence-electron chi connectivity index (χ4n) is 4.10. The van der Waals surface area contributed by atoms with Crippen LogP contribution in [0.15, 0.2) is 59.8 Å². The van der Waals surface area contributed by atoms with Crippen molar-refractivity contribution in [2.75, 3.05) is 42.7 Å². The third kappa shape index (κ3) is 4.39. The smallest absolute Gasteiger partial charge is 0.278 e. The van der Waals surface area contributed by atoms with Crippen molar-refractivity contribution >= 4 is 45.5 Å². The summed E-state index contributed by atoms with van der Waals surface area (Å²) in [5, 5.41) is 15.8. The normalized spacial score (nSPS) is 15.5. The molecule has 0 radical (unpaired) electrons. The van der Waals surface area contributed by atoms with E-state index < -0.39 is 0 Å². The van der Waals surface area contributed by atoms with E-state index in [2.05, 4.69) is 20.1 Å². The molecule has 1 aliphatic heterocycles. The van der Waals surface area contributed by atoms with Crippen LogP contribution in [0.5, 0.6) is 0 Å². The first-order chi connectivity index (χ1) is 15.5. The van der Waals surface area contributed by atoms with Crippen LogP contribution in [0.1, 0.15) is 6.92 Å². The van der Waals surface area contributed by atoms with Gasteiger partial charge in [0.15, 0.2) is 0 Å². The van der Waals surface area contributed by atoms with Gasteiger partial charge in [-0.3, -0.25) is 24.8 Å². The summed E-state index contributed by atoms with van der Waals surface area (Å²) < 4.78 is 0. The molecule has 0 spiro atoms. The number of para-hydroxylation sites is 1. The minimum atomic E-state index is -0.374. The minimum absolute atomic E-state index is 0.0215. The molecule has 1 saturated heterocycles. The zero-order valence-corrected chi connectivity index (χ0v) is 18.8. The molecule has 9 heteroatoms. The number of rotatable bonds is 6. The number of hydrogen-bond acceptors (Lipinski definition) is 7. The predicted molar refractivity (Wildman–Crippen MR) is 128 cm³/mol. The van der Waals surface area contributed by atoms with Crippen LogP contribution in [0.3, 0.4) is 0 Å². The van der Waals surface area contributed by atoms with Gasteiger partial charge in [0.2, 0.25) is 5.91 Å². The highest BCUT2D eigenvalue weighted by Crippen LogP contribution is 2.33. The number of nitro groups is 1. The molecule has 1 unspecified atom stereocenters. The van der Waals surface area contributed by atoms with Gasteiger partial charge in [0.1, 0.15) is 0 Å². The SMILES string of the molecule is CSc1ccccc1NC(=O)C(C)N1CCN(c2ccc([N+](=O)[O-])c3cnccc23)CC1. The maximum atomic E-state index is 12.9. The molecule has 1 amide bonds. The molecule has 1 fully saturated rings. The van der Waals surface area contributed by atoms with Crippen LogP contribution in [0.25, 0.3) is 10.8 Å². The molecule has 8 nitrogen and oxygen atoms in total. The Morgan fingerprint density at radius 3 is 2.59 bits per heavy atom. The van der Waals surface area contributed by atoms with E-state index in [0.29, 0.717) is 5.39 Å². The number of hydrogen-bond donors (Lipinski definition) is 1. The zero-order valence-electron chi connectivity index (χ0n) is 18.0. The molecule has 0 aliphatic carbocycles. The molecule has 2 heterocycles. The first-order valence-corrected chi connectivity index (χ1v) is 11.7. The van der Waals surface area contributed by atoms with E-state index in [-0.39, 0.29) is 22.6 Å². The highest BCUT2D eigenvalue weighted by Gasteiger charge is 2.27. The van der Waals surface area contributed by atoms with Gasteiger partial charge in [-0.25, -0.2) is 0 Å². The number of non-ortho nitro benzene ring substituents is 1. The monoisotopic (exact) mass is 451 g/mol. The molecule has 1 aromatic heterocycles. The number of carbonyl (C=O) groups is 1. The molecule has 166 valence electrons. The second-order valence-electron chi connectivity index (χ2n) is 7.67. The molecule has 1 N–H and O–H groups in total. The van der Waals surface area contributed by atoms with Crippen molar-refractivity contribution in [3.05, 3.63) is 65.0 Å². The molecule has 32 heavy (non-hydrogen) atoms. The average molecular weight is 452 g/mol. The second-order valence-corrected chi connectivity index (χ2v) is 8.52. The summed E-state index contributed by atoms with van der Waals surface area (Å²) in [7, 11) is 0. The molecular formula is C23H25N5O3S. The quantitative estimate of drug-likeness (QED) is 0.344. The second kappa shape index (κ2) is 9.54. The van der Waals surface area contributed by atoms with Crippen LogP contribution >= 0.6 is 11.8 Å². The lowest BCUT2D eigenvalue weighted by molar-refractivity contribution is -0.383. The average Bonchev–Trinajstić information content (AvgIpc) is 2.83. The predicted octanol–water partition coefficient (Wildman–Crippen LogP) is 4.01. The minimum Gasteiger partial charge on any atom is -0.368 e. The van der Waals surface area contributed by atoms with Crippen LogP contribution < -0.4 is 10.2 Å². The molecule has 0 saturated carbocycles. The van der Waals surface area contributed by atoms with Gasteiger partial charge in [0.05, 0.1) is 22.0 Å². The van der Waals surface area contributed by atoms with E-state index in [9.17, 15) is 14.9 Å². The van der Waals surface area contributed by atoms with Crippen LogP contribution in [-0.2, 0) is 4.79 Å². The van der Waals surface area contributed by atoms with Gasteiger partial charge in [-0.15, -0.1) is 11.8 Å². The number of piperazine rings is 1. The van der Waals surface area contributed by atoms with Gasteiger partial charge in [0, 0.05) is 60.6 Å². The number of nitrogens with zero attached hydrogens (tertiary/aromatic N) is 4. The standard InChI is InChI=1S/C23H25N5O3S/c1-16(23(29)25-19-5-3-4-6-22(19)32-2)26-11-13-27(14-12-26)20-7-8-21(28(30)31)18-15-24-10-9-17(18)20/h3-10,15-16H,11-14H2,1-2H3,(H,25,29). The topological polar surface area (TPSA) is 91.6 Å². The summed E-state index contributed by atoms with van der Waals surface area (Å²) in [6.07, 6.45) is 5.20. The number of amides is 1. The van der Waals surface area contributed by atoms with Gasteiger partial charge < -0.3 is 10.2 Å². The lowest BCUT2D eigenvalue weighted by Crippen LogP contribution is -2.52. The number of nitrogens with one attached hydrogen (secondary N) is 1. The Morgan fingerprint density at radius 1 is 1.12 bits per heavy atom. The molecule has 4 rings (SSSR count). The van der Waals surface area contributed by atoms with Crippen molar-refractivity contribution in [2.45, 2.75) is 17.9 Å². The maximum absolute atomic E-state index is 12.9. The summed E-state index contributed by atoms with van der Waals surface area (Å²) in [5.41, 5.74) is 1.85. The number of fused-ring (bicyclic) bond motifs is 1. The van der Waals surface area contributed by atoms with Gasteiger partial charge in [-0.05, 0) is 37.4 Å². The Bertz CT molecular complexity index is 1150. The summed E-state index contributed by atoms with van der Waals surface area (Å²) in [4.78, 5) is 33.4. The fourth-order valence-corrected chi connectivity index (χ4v) is 4.65. The van der Waals surface area contributed by atoms with Gasteiger partial charge in [-0.1, -0.05) is 12.1 Å². The number of carbonyl (C=O) groups excluding carboxylic acids is 1. The number of anilines is 2. The molecule has 0 bridgehead atoms. The third-order valence-corrected chi connectivity index (χ3v) is 6.71. The summed E-state index contributed by atoms with van der Waals surface area (Å²) in [5.74, 6) is -0.0215. The van der Waals surface area contributed by atoms with Crippen LogP contribution in [0, 0.1) is 10.1 Å². The van der Waals surface area contributed by atoms with Crippen molar-refractivity contribution < 1.29 is 9.72 Å². The number of pyridine rings is 1. The maximum Gasteiger partial charge on any atom is 0.278 e. The van der Waals surface area contributed by atoms with Crippen LogP contribution in [0.2, 0.25) is 0 Å². The van der Waals surface area contributed by atoms with Gasteiger partial charge in [0.25, 0.3) is 5.69 Å². The van der Waals surface area contributed by atoms with E-state index in [0.717, 1.165) is 47.8 Å². The van der Waals surface area contributed by atoms with Crippen LogP contribution in [0.4, 0.5) is 17.1 Å². The zero-order chi connectivity index (χ0) is 22.7. The van der Waals surface area contributed by atoms with Gasteiger partial charge in [-0.2, -0.15) is 0 Å². The molecule has 2 aromatic carbocycles. The first kappa shape index (κ1) is 22.0. The lowest BCUT2D eigenvalue weighted by Gasteiger charge is -2.39. The molecule has 3 aromatic rings. The van der Waals surface area contributed by atoms with E-state index in [1.54, 1.807) is 30.2 Å². The Hall–Kier alpha value is -3.17. The number of nitro benzene ring substituents is 1. The largest absolute Gasteiger partial charge is 0.368 e. The first-order valence-electron chi connectivity index (χ1n) is 10.4. The summed E-state index contributed by atoms with van der Waals surface area (Å²) in [6, 6.07) is 12.7. The van der Waals surface area contributed by atoms with Crippen molar-refractivity contribution in [3.63, 3.8) is 0 Å². The Morgan fingerprint density at radius 2 is 1.88 bits per heavy atom. The van der Waals surface area contributed by atoms with E-state index in [4.69, 9.17) is 0 Å². The Balaban J connectivity index is 1.45. The fraction of sp³-hybridized carbons (Fsp3) is 0.304. The van der Waals surface area contributed by atoms with Crippen LogP contribution in [-0.4, -0.2) is 59.2 Å². The Labute approximate surface area is 190 Å². The third-order valence-electron chi connectivity index (χ3n) is 5.92. The number of aromatic nitrogens is 1. The number of thioether (sulfide) groups is 1. The van der Waals surface area contributed by atoms with Crippen molar-refractivity contribution in [3.8, 4) is 0 Å². The van der Waals surface area contributed by atoms with Crippen molar-refractivity contribution in [1.29, 1.82) is 0 Å². The highest BCUT2D eigenvalue weighted by molar-refractivity contribution is 7.98. The number of benzene rings is 2. The molecule has 1 atom stereocenters. The summed E-state index contributed by atoms with van der Waals surface area (Å²) in [6.45, 7) is 4.84. The van der Waals surface area contributed by atoms with Crippen molar-refractivity contribution in [1.82, 2.24) is 9.88 Å². The van der Waals surface area contributed by atoms with E-state index in [1.807, 2.05) is 49.6 Å². The molecular weight excluding hydrogens is 426 g/mol. The van der Waals surface area contributed by atoms with E-state index >= 15 is 0 Å². The molecule has 1 aliphatic rings.